The maximum absolute atomic E-state index is 9.07. The lowest BCUT2D eigenvalue weighted by Gasteiger charge is -2.27. The fraction of sp³-hybridized carbons (Fsp3) is 1.00. The van der Waals surface area contributed by atoms with Crippen molar-refractivity contribution in [3.8, 4) is 0 Å². The van der Waals surface area contributed by atoms with Crippen molar-refractivity contribution < 1.29 is 5.11 Å². The fourth-order valence-corrected chi connectivity index (χ4v) is 2.38. The number of hydrogen-bond donors (Lipinski definition) is 3. The first kappa shape index (κ1) is 12.9. The summed E-state index contributed by atoms with van der Waals surface area (Å²) in [7, 11) is 0. The lowest BCUT2D eigenvalue weighted by molar-refractivity contribution is 0.190. The second-order valence-corrected chi connectivity index (χ2v) is 4.90. The van der Waals surface area contributed by atoms with E-state index in [4.69, 9.17) is 10.8 Å². The number of hydrogen-bond acceptors (Lipinski definition) is 3. The van der Waals surface area contributed by atoms with Crippen LogP contribution in [0.4, 0.5) is 0 Å². The first-order valence-corrected chi connectivity index (χ1v) is 6.34. The molecule has 15 heavy (non-hydrogen) atoms. The first-order chi connectivity index (χ1) is 7.20. The van der Waals surface area contributed by atoms with Crippen molar-refractivity contribution >= 4 is 0 Å². The second-order valence-electron chi connectivity index (χ2n) is 4.90. The van der Waals surface area contributed by atoms with Gasteiger partial charge in [-0.3, -0.25) is 0 Å². The number of aliphatic hydroxyl groups is 1. The molecule has 4 N–H and O–H groups in total. The van der Waals surface area contributed by atoms with E-state index in [1.807, 2.05) is 0 Å². The van der Waals surface area contributed by atoms with Gasteiger partial charge in [0.05, 0.1) is 6.10 Å². The van der Waals surface area contributed by atoms with Gasteiger partial charge in [-0.15, -0.1) is 0 Å². The average molecular weight is 214 g/mol. The molecule has 0 heterocycles. The van der Waals surface area contributed by atoms with Crippen molar-refractivity contribution in [3.05, 3.63) is 0 Å². The highest BCUT2D eigenvalue weighted by Crippen LogP contribution is 2.26. The molecule has 0 spiro atoms. The molecule has 0 radical (unpaired) electrons. The van der Waals surface area contributed by atoms with Gasteiger partial charge in [0, 0.05) is 12.6 Å². The lowest BCUT2D eigenvalue weighted by Crippen LogP contribution is -2.36. The van der Waals surface area contributed by atoms with Crippen LogP contribution < -0.4 is 11.1 Å². The lowest BCUT2D eigenvalue weighted by atomic mass is 9.83. The Labute approximate surface area is 93.4 Å². The maximum atomic E-state index is 9.07. The van der Waals surface area contributed by atoms with Gasteiger partial charge in [-0.25, -0.2) is 0 Å². The normalized spacial score (nSPS) is 22.6. The van der Waals surface area contributed by atoms with Gasteiger partial charge in [-0.05, 0) is 38.6 Å². The summed E-state index contributed by atoms with van der Waals surface area (Å²) in [5.41, 5.74) is 6.16. The SMILES string of the molecule is CC(O)CNCCC(N)C1CCCCC1. The van der Waals surface area contributed by atoms with E-state index in [-0.39, 0.29) is 6.10 Å². The number of aliphatic hydroxyl groups excluding tert-OH is 1. The van der Waals surface area contributed by atoms with Crippen molar-refractivity contribution in [2.45, 2.75) is 57.6 Å². The highest BCUT2D eigenvalue weighted by Gasteiger charge is 2.19. The Morgan fingerprint density at radius 2 is 2.00 bits per heavy atom. The molecule has 2 unspecified atom stereocenters. The third-order valence-corrected chi connectivity index (χ3v) is 3.35. The Hall–Kier alpha value is -0.120. The van der Waals surface area contributed by atoms with Crippen LogP contribution in [0.15, 0.2) is 0 Å². The molecule has 90 valence electrons. The maximum Gasteiger partial charge on any atom is 0.0636 e. The van der Waals surface area contributed by atoms with Gasteiger partial charge in [-0.2, -0.15) is 0 Å². The summed E-state index contributed by atoms with van der Waals surface area (Å²) in [5, 5.41) is 12.3. The average Bonchev–Trinajstić information content (AvgIpc) is 2.25. The summed E-state index contributed by atoms with van der Waals surface area (Å²) >= 11 is 0. The highest BCUT2D eigenvalue weighted by atomic mass is 16.3. The monoisotopic (exact) mass is 214 g/mol. The van der Waals surface area contributed by atoms with Gasteiger partial charge in [0.25, 0.3) is 0 Å². The smallest absolute Gasteiger partial charge is 0.0636 e. The molecule has 1 aliphatic rings. The van der Waals surface area contributed by atoms with Crippen molar-refractivity contribution in [1.82, 2.24) is 5.32 Å². The third-order valence-electron chi connectivity index (χ3n) is 3.35. The molecule has 1 saturated carbocycles. The molecule has 0 bridgehead atoms. The van der Waals surface area contributed by atoms with Crippen LogP contribution in [0.5, 0.6) is 0 Å². The molecule has 0 aromatic heterocycles. The van der Waals surface area contributed by atoms with Crippen LogP contribution in [0.1, 0.15) is 45.4 Å². The molecular weight excluding hydrogens is 188 g/mol. The fourth-order valence-electron chi connectivity index (χ4n) is 2.38. The van der Waals surface area contributed by atoms with Crippen LogP contribution in [0.3, 0.4) is 0 Å². The minimum atomic E-state index is -0.254. The minimum absolute atomic E-state index is 0.254. The Morgan fingerprint density at radius 1 is 1.33 bits per heavy atom. The largest absolute Gasteiger partial charge is 0.392 e. The Kier molecular flexibility index (Phi) is 6.22. The zero-order valence-electron chi connectivity index (χ0n) is 9.91. The zero-order chi connectivity index (χ0) is 11.1. The molecule has 3 heteroatoms. The summed E-state index contributed by atoms with van der Waals surface area (Å²) in [6.07, 6.45) is 7.53. The van der Waals surface area contributed by atoms with Crippen LogP contribution in [0, 0.1) is 5.92 Å². The van der Waals surface area contributed by atoms with Crippen LogP contribution in [-0.2, 0) is 0 Å². The number of rotatable bonds is 6. The van der Waals surface area contributed by atoms with E-state index < -0.39 is 0 Å². The van der Waals surface area contributed by atoms with E-state index in [1.54, 1.807) is 6.92 Å². The Balaban J connectivity index is 2.04. The molecule has 1 fully saturated rings. The minimum Gasteiger partial charge on any atom is -0.392 e. The van der Waals surface area contributed by atoms with Crippen molar-refractivity contribution in [2.24, 2.45) is 11.7 Å². The molecule has 0 saturated heterocycles. The van der Waals surface area contributed by atoms with Gasteiger partial charge in [0.2, 0.25) is 0 Å². The van der Waals surface area contributed by atoms with Gasteiger partial charge < -0.3 is 16.2 Å². The van der Waals surface area contributed by atoms with E-state index >= 15 is 0 Å². The highest BCUT2D eigenvalue weighted by molar-refractivity contribution is 4.77. The quantitative estimate of drug-likeness (QED) is 0.583. The molecule has 1 aliphatic carbocycles. The van der Waals surface area contributed by atoms with E-state index in [1.165, 1.54) is 32.1 Å². The van der Waals surface area contributed by atoms with E-state index in [0.717, 1.165) is 18.9 Å². The standard InChI is InChI=1S/C12H26N2O/c1-10(15)9-14-8-7-12(13)11-5-3-2-4-6-11/h10-12,14-15H,2-9,13H2,1H3. The van der Waals surface area contributed by atoms with E-state index in [2.05, 4.69) is 5.32 Å². The van der Waals surface area contributed by atoms with Crippen molar-refractivity contribution in [1.29, 1.82) is 0 Å². The summed E-state index contributed by atoms with van der Waals surface area (Å²) in [6.45, 7) is 3.41. The second kappa shape index (κ2) is 7.20. The van der Waals surface area contributed by atoms with E-state index in [9.17, 15) is 0 Å². The molecule has 2 atom stereocenters. The van der Waals surface area contributed by atoms with Gasteiger partial charge in [0.1, 0.15) is 0 Å². The van der Waals surface area contributed by atoms with Crippen LogP contribution >= 0.6 is 0 Å². The van der Waals surface area contributed by atoms with E-state index in [0.29, 0.717) is 12.6 Å². The first-order valence-electron chi connectivity index (χ1n) is 6.34. The number of nitrogens with one attached hydrogen (secondary N) is 1. The summed E-state index contributed by atoms with van der Waals surface area (Å²) in [6, 6.07) is 0.354. The predicted molar refractivity (Wildman–Crippen MR) is 63.7 cm³/mol. The Bertz CT molecular complexity index is 156. The topological polar surface area (TPSA) is 58.3 Å². The van der Waals surface area contributed by atoms with Gasteiger partial charge in [-0.1, -0.05) is 19.3 Å². The van der Waals surface area contributed by atoms with Crippen LogP contribution in [-0.4, -0.2) is 30.3 Å². The molecule has 0 amide bonds. The molecular formula is C12H26N2O. The predicted octanol–water partition coefficient (Wildman–Crippen LogP) is 1.25. The number of nitrogens with two attached hydrogens (primary N) is 1. The van der Waals surface area contributed by atoms with Crippen LogP contribution in [0.25, 0.3) is 0 Å². The van der Waals surface area contributed by atoms with Gasteiger partial charge in [0.15, 0.2) is 0 Å². The molecule has 3 nitrogen and oxygen atoms in total. The Morgan fingerprint density at radius 3 is 2.60 bits per heavy atom. The summed E-state index contributed by atoms with van der Waals surface area (Å²) in [5.74, 6) is 0.743. The van der Waals surface area contributed by atoms with Gasteiger partial charge >= 0.3 is 0 Å². The molecule has 1 rings (SSSR count). The summed E-state index contributed by atoms with van der Waals surface area (Å²) < 4.78 is 0. The zero-order valence-corrected chi connectivity index (χ0v) is 9.91. The van der Waals surface area contributed by atoms with Crippen molar-refractivity contribution in [2.75, 3.05) is 13.1 Å². The molecule has 0 aromatic rings. The summed E-state index contributed by atoms with van der Waals surface area (Å²) in [4.78, 5) is 0. The van der Waals surface area contributed by atoms with Crippen molar-refractivity contribution in [3.63, 3.8) is 0 Å². The molecule has 0 aliphatic heterocycles. The van der Waals surface area contributed by atoms with Crippen LogP contribution in [0.2, 0.25) is 0 Å². The third kappa shape index (κ3) is 5.50. The molecule has 0 aromatic carbocycles.